The summed E-state index contributed by atoms with van der Waals surface area (Å²) in [7, 11) is 2.89. The Bertz CT molecular complexity index is 522. The molecule has 2 rings (SSSR count). The van der Waals surface area contributed by atoms with Gasteiger partial charge in [-0.15, -0.1) is 0 Å². The molecule has 0 aromatic heterocycles. The Morgan fingerprint density at radius 1 is 1.25 bits per heavy atom. The van der Waals surface area contributed by atoms with Gasteiger partial charge in [0.1, 0.15) is 24.2 Å². The van der Waals surface area contributed by atoms with Gasteiger partial charge in [-0.1, -0.05) is 30.3 Å². The Hall–Kier alpha value is -2.27. The van der Waals surface area contributed by atoms with Gasteiger partial charge >= 0.3 is 5.97 Å². The zero-order chi connectivity index (χ0) is 14.4. The first-order chi connectivity index (χ1) is 9.74. The molecule has 0 spiro atoms. The van der Waals surface area contributed by atoms with Gasteiger partial charge < -0.3 is 19.5 Å². The maximum absolute atomic E-state index is 11.4. The van der Waals surface area contributed by atoms with Crippen LogP contribution in [0.15, 0.2) is 54.1 Å². The molecule has 5 nitrogen and oxygen atoms in total. The average Bonchev–Trinajstić information content (AvgIpc) is 2.53. The van der Waals surface area contributed by atoms with Gasteiger partial charge in [-0.2, -0.15) is 0 Å². The molecule has 0 amide bonds. The van der Waals surface area contributed by atoms with Gasteiger partial charge in [-0.3, -0.25) is 0 Å². The van der Waals surface area contributed by atoms with Gasteiger partial charge in [0, 0.05) is 13.3 Å². The first kappa shape index (κ1) is 14.1. The molecule has 20 heavy (non-hydrogen) atoms. The molecule has 1 aromatic rings. The molecule has 1 N–H and O–H groups in total. The van der Waals surface area contributed by atoms with Gasteiger partial charge in [0.2, 0.25) is 0 Å². The van der Waals surface area contributed by atoms with Crippen LogP contribution < -0.4 is 5.32 Å². The van der Waals surface area contributed by atoms with Gasteiger partial charge in [0.15, 0.2) is 0 Å². The van der Waals surface area contributed by atoms with E-state index in [1.54, 1.807) is 19.4 Å². The zero-order valence-corrected chi connectivity index (χ0v) is 11.5. The second-order valence-corrected chi connectivity index (χ2v) is 4.19. The zero-order valence-electron chi connectivity index (χ0n) is 11.5. The van der Waals surface area contributed by atoms with E-state index in [2.05, 4.69) is 10.1 Å². The number of benzene rings is 1. The van der Waals surface area contributed by atoms with Crippen LogP contribution >= 0.6 is 0 Å². The van der Waals surface area contributed by atoms with Gasteiger partial charge in [-0.25, -0.2) is 4.79 Å². The number of methoxy groups -OCH3 is 2. The van der Waals surface area contributed by atoms with Crippen molar-refractivity contribution in [3.63, 3.8) is 0 Å². The van der Waals surface area contributed by atoms with E-state index in [0.717, 1.165) is 5.56 Å². The van der Waals surface area contributed by atoms with Crippen molar-refractivity contribution in [1.29, 1.82) is 0 Å². The number of carbonyl (C=O) groups excluding carboxylic acids is 1. The third-order valence-electron chi connectivity index (χ3n) is 2.88. The van der Waals surface area contributed by atoms with E-state index in [-0.39, 0.29) is 0 Å². The monoisotopic (exact) mass is 275 g/mol. The second-order valence-electron chi connectivity index (χ2n) is 4.19. The van der Waals surface area contributed by atoms with Gasteiger partial charge in [-0.05, 0) is 11.6 Å². The minimum absolute atomic E-state index is 0.339. The first-order valence-corrected chi connectivity index (χ1v) is 6.21. The quantitative estimate of drug-likeness (QED) is 0.829. The summed E-state index contributed by atoms with van der Waals surface area (Å²) in [6.45, 7) is 0.440. The van der Waals surface area contributed by atoms with E-state index in [4.69, 9.17) is 9.47 Å². The number of nitrogens with one attached hydrogen (secondary N) is 1. The van der Waals surface area contributed by atoms with Crippen LogP contribution in [0.1, 0.15) is 5.56 Å². The summed E-state index contributed by atoms with van der Waals surface area (Å²) in [5.74, 6) is 0.175. The molecule has 1 aromatic carbocycles. The lowest BCUT2D eigenvalue weighted by molar-refractivity contribution is -0.136. The molecule has 1 aliphatic heterocycles. The lowest BCUT2D eigenvalue weighted by atomic mass is 10.2. The Morgan fingerprint density at radius 3 is 2.65 bits per heavy atom. The smallest absolute Gasteiger partial charge is 0.354 e. The summed E-state index contributed by atoms with van der Waals surface area (Å²) in [6, 6.07) is 9.82. The van der Waals surface area contributed by atoms with Crippen LogP contribution in [0.3, 0.4) is 0 Å². The van der Waals surface area contributed by atoms with E-state index in [1.165, 1.54) is 7.11 Å². The maximum Gasteiger partial charge on any atom is 0.354 e. The molecule has 0 bridgehead atoms. The number of carbonyl (C=O) groups is 1. The molecule has 0 aliphatic carbocycles. The highest BCUT2D eigenvalue weighted by atomic mass is 16.5. The third-order valence-corrected chi connectivity index (χ3v) is 2.88. The molecule has 106 valence electrons. The normalized spacial score (nSPS) is 17.6. The second kappa shape index (κ2) is 6.77. The molecule has 0 saturated carbocycles. The van der Waals surface area contributed by atoms with Crippen molar-refractivity contribution < 1.29 is 19.0 Å². The number of hydrogen-bond acceptors (Lipinski definition) is 5. The number of hydrogen-bond donors (Lipinski definition) is 1. The average molecular weight is 275 g/mol. The van der Waals surface area contributed by atoms with Crippen LogP contribution in [0, 0.1) is 0 Å². The van der Waals surface area contributed by atoms with E-state index in [0.29, 0.717) is 18.1 Å². The number of rotatable bonds is 5. The highest BCUT2D eigenvalue weighted by molar-refractivity contribution is 5.88. The molecule has 1 heterocycles. The lowest BCUT2D eigenvalue weighted by Crippen LogP contribution is -2.28. The Morgan fingerprint density at radius 2 is 2.00 bits per heavy atom. The Balaban J connectivity index is 1.99. The Labute approximate surface area is 117 Å². The fourth-order valence-electron chi connectivity index (χ4n) is 1.80. The summed E-state index contributed by atoms with van der Waals surface area (Å²) in [4.78, 5) is 11.4. The molecular formula is C15H17NO4. The highest BCUT2D eigenvalue weighted by Crippen LogP contribution is 2.17. The van der Waals surface area contributed by atoms with Crippen LogP contribution in [0.4, 0.5) is 0 Å². The molecule has 0 saturated heterocycles. The van der Waals surface area contributed by atoms with Crippen molar-refractivity contribution in [2.24, 2.45) is 0 Å². The first-order valence-electron chi connectivity index (χ1n) is 6.21. The van der Waals surface area contributed by atoms with Crippen molar-refractivity contribution in [3.05, 3.63) is 59.6 Å². The summed E-state index contributed by atoms with van der Waals surface area (Å²) < 4.78 is 15.7. The SMILES string of the molecule is COC(=O)C1=CC(OC)C(OCc2ccccc2)=CN1. The maximum atomic E-state index is 11.4. The van der Waals surface area contributed by atoms with Gasteiger partial charge in [0.25, 0.3) is 0 Å². The van der Waals surface area contributed by atoms with Crippen molar-refractivity contribution in [3.8, 4) is 0 Å². The number of esters is 1. The predicted molar refractivity (Wildman–Crippen MR) is 73.3 cm³/mol. The Kier molecular flexibility index (Phi) is 4.79. The largest absolute Gasteiger partial charge is 0.489 e. The minimum Gasteiger partial charge on any atom is -0.489 e. The number of dihydropyridines is 1. The molecule has 1 aliphatic rings. The standard InChI is InChI=1S/C15H17NO4/c1-18-13-8-12(15(17)19-2)16-9-14(13)20-10-11-6-4-3-5-7-11/h3-9,13,16H,10H2,1-2H3. The van der Waals surface area contributed by atoms with E-state index >= 15 is 0 Å². The van der Waals surface area contributed by atoms with Crippen molar-refractivity contribution >= 4 is 5.97 Å². The summed E-state index contributed by atoms with van der Waals surface area (Å²) >= 11 is 0. The molecule has 0 fully saturated rings. The van der Waals surface area contributed by atoms with E-state index in [1.807, 2.05) is 30.3 Å². The molecule has 1 unspecified atom stereocenters. The summed E-state index contributed by atoms with van der Waals surface area (Å²) in [6.07, 6.45) is 2.84. The van der Waals surface area contributed by atoms with Crippen LogP contribution in [0.25, 0.3) is 0 Å². The molecular weight excluding hydrogens is 258 g/mol. The van der Waals surface area contributed by atoms with E-state index < -0.39 is 12.1 Å². The summed E-state index contributed by atoms with van der Waals surface area (Å²) in [5.41, 5.74) is 1.40. The van der Waals surface area contributed by atoms with Crippen LogP contribution in [0.5, 0.6) is 0 Å². The van der Waals surface area contributed by atoms with Gasteiger partial charge in [0.05, 0.1) is 7.11 Å². The lowest BCUT2D eigenvalue weighted by Gasteiger charge is -2.22. The van der Waals surface area contributed by atoms with Crippen molar-refractivity contribution in [1.82, 2.24) is 5.32 Å². The van der Waals surface area contributed by atoms with Crippen LogP contribution in [-0.4, -0.2) is 26.3 Å². The fraction of sp³-hybridized carbons (Fsp3) is 0.267. The minimum atomic E-state index is -0.439. The van der Waals surface area contributed by atoms with Crippen molar-refractivity contribution in [2.75, 3.05) is 14.2 Å². The molecule has 0 radical (unpaired) electrons. The molecule has 1 atom stereocenters. The van der Waals surface area contributed by atoms with Crippen molar-refractivity contribution in [2.45, 2.75) is 12.7 Å². The fourth-order valence-corrected chi connectivity index (χ4v) is 1.80. The third kappa shape index (κ3) is 3.39. The van der Waals surface area contributed by atoms with Crippen LogP contribution in [-0.2, 0) is 25.6 Å². The highest BCUT2D eigenvalue weighted by Gasteiger charge is 2.22. The summed E-state index contributed by atoms with van der Waals surface area (Å²) in [5, 5.41) is 2.84. The topological polar surface area (TPSA) is 56.8 Å². The number of ether oxygens (including phenoxy) is 3. The van der Waals surface area contributed by atoms with E-state index in [9.17, 15) is 4.79 Å². The molecule has 5 heteroatoms. The predicted octanol–water partition coefficient (Wildman–Crippen LogP) is 1.72. The van der Waals surface area contributed by atoms with Crippen LogP contribution in [0.2, 0.25) is 0 Å².